The fraction of sp³-hybridized carbons (Fsp3) is 0.231. The standard InChI is InChI=1S/C13H10Cl2N2O4/c1-6(18)13-11(5-21-7(2)19)16-10-3-8(14)9(15)4-12(10)17(13)20/h3-4H,5H2,1-2H3. The lowest BCUT2D eigenvalue weighted by Gasteiger charge is -2.10. The van der Waals surface area contributed by atoms with E-state index in [2.05, 4.69) is 4.98 Å². The van der Waals surface area contributed by atoms with Crippen molar-refractivity contribution < 1.29 is 19.1 Å². The van der Waals surface area contributed by atoms with Crippen molar-refractivity contribution in [1.29, 1.82) is 0 Å². The molecule has 0 saturated heterocycles. The summed E-state index contributed by atoms with van der Waals surface area (Å²) in [7, 11) is 0. The summed E-state index contributed by atoms with van der Waals surface area (Å²) in [6, 6.07) is 2.75. The highest BCUT2D eigenvalue weighted by atomic mass is 35.5. The van der Waals surface area contributed by atoms with E-state index in [4.69, 9.17) is 27.9 Å². The normalized spacial score (nSPS) is 10.7. The molecule has 0 bridgehead atoms. The molecule has 1 heterocycles. The fourth-order valence-corrected chi connectivity index (χ4v) is 2.15. The van der Waals surface area contributed by atoms with Gasteiger partial charge in [0, 0.05) is 19.9 Å². The van der Waals surface area contributed by atoms with E-state index in [1.54, 1.807) is 0 Å². The molecule has 2 aromatic rings. The van der Waals surface area contributed by atoms with Crippen molar-refractivity contribution in [1.82, 2.24) is 4.98 Å². The van der Waals surface area contributed by atoms with Crippen LogP contribution in [0.3, 0.4) is 0 Å². The molecule has 1 aromatic heterocycles. The third-order valence-electron chi connectivity index (χ3n) is 2.71. The van der Waals surface area contributed by atoms with Crippen LogP contribution in [0.15, 0.2) is 12.1 Å². The molecule has 0 aliphatic rings. The predicted molar refractivity (Wildman–Crippen MR) is 76.2 cm³/mol. The van der Waals surface area contributed by atoms with E-state index in [1.807, 2.05) is 0 Å². The highest BCUT2D eigenvalue weighted by Gasteiger charge is 2.24. The number of halogens is 2. The number of hydrogen-bond donors (Lipinski definition) is 0. The number of benzene rings is 1. The van der Waals surface area contributed by atoms with Crippen molar-refractivity contribution in [2.45, 2.75) is 20.5 Å². The van der Waals surface area contributed by atoms with E-state index in [0.717, 1.165) is 0 Å². The van der Waals surface area contributed by atoms with Gasteiger partial charge in [-0.05, 0) is 6.07 Å². The fourth-order valence-electron chi connectivity index (χ4n) is 1.83. The van der Waals surface area contributed by atoms with Crippen LogP contribution in [0.4, 0.5) is 0 Å². The zero-order chi connectivity index (χ0) is 15.7. The van der Waals surface area contributed by atoms with Gasteiger partial charge in [-0.25, -0.2) is 4.98 Å². The smallest absolute Gasteiger partial charge is 0.303 e. The number of Topliss-reactive ketones (excluding diaryl/α,β-unsaturated/α-hetero) is 1. The lowest BCUT2D eigenvalue weighted by Crippen LogP contribution is -2.37. The lowest BCUT2D eigenvalue weighted by atomic mass is 10.2. The molecular weight excluding hydrogens is 319 g/mol. The molecule has 0 N–H and O–H groups in total. The Labute approximate surface area is 129 Å². The van der Waals surface area contributed by atoms with E-state index in [1.165, 1.54) is 26.0 Å². The van der Waals surface area contributed by atoms with Gasteiger partial charge in [0.2, 0.25) is 11.3 Å². The van der Waals surface area contributed by atoms with Gasteiger partial charge in [-0.2, -0.15) is 4.73 Å². The number of nitrogens with zero attached hydrogens (tertiary/aromatic N) is 2. The van der Waals surface area contributed by atoms with Gasteiger partial charge >= 0.3 is 5.97 Å². The Kier molecular flexibility index (Phi) is 4.29. The maximum absolute atomic E-state index is 12.3. The maximum Gasteiger partial charge on any atom is 0.303 e. The van der Waals surface area contributed by atoms with Crippen molar-refractivity contribution in [3.8, 4) is 0 Å². The van der Waals surface area contributed by atoms with Crippen LogP contribution < -0.4 is 4.73 Å². The minimum absolute atomic E-state index is 0.0681. The molecule has 2 rings (SSSR count). The molecule has 21 heavy (non-hydrogen) atoms. The van der Waals surface area contributed by atoms with Crippen LogP contribution in [0.2, 0.25) is 10.0 Å². The molecule has 6 nitrogen and oxygen atoms in total. The summed E-state index contributed by atoms with van der Waals surface area (Å²) < 4.78 is 5.23. The minimum Gasteiger partial charge on any atom is -0.618 e. The Morgan fingerprint density at radius 3 is 2.48 bits per heavy atom. The van der Waals surface area contributed by atoms with Gasteiger partial charge in [-0.15, -0.1) is 0 Å². The molecule has 0 radical (unpaired) electrons. The highest BCUT2D eigenvalue weighted by Crippen LogP contribution is 2.26. The van der Waals surface area contributed by atoms with Crippen molar-refractivity contribution in [2.24, 2.45) is 0 Å². The van der Waals surface area contributed by atoms with Crippen LogP contribution >= 0.6 is 23.2 Å². The summed E-state index contributed by atoms with van der Waals surface area (Å²) in [4.78, 5) is 26.7. The topological polar surface area (TPSA) is 83.2 Å². The first-order valence-electron chi connectivity index (χ1n) is 5.86. The molecule has 8 heteroatoms. The summed E-state index contributed by atoms with van der Waals surface area (Å²) >= 11 is 11.8. The summed E-state index contributed by atoms with van der Waals surface area (Å²) in [5.41, 5.74) is 0.244. The van der Waals surface area contributed by atoms with Crippen LogP contribution in [0.5, 0.6) is 0 Å². The predicted octanol–water partition coefficient (Wildman–Crippen LogP) is 2.44. The number of hydrogen-bond acceptors (Lipinski definition) is 5. The number of rotatable bonds is 3. The molecule has 0 unspecified atom stereocenters. The summed E-state index contributed by atoms with van der Waals surface area (Å²) in [5, 5.41) is 12.7. The molecule has 0 amide bonds. The van der Waals surface area contributed by atoms with Crippen molar-refractivity contribution in [2.75, 3.05) is 0 Å². The molecule has 0 aliphatic carbocycles. The second-order valence-corrected chi connectivity index (χ2v) is 5.11. The monoisotopic (exact) mass is 328 g/mol. The van der Waals surface area contributed by atoms with Crippen molar-refractivity contribution >= 4 is 46.0 Å². The van der Waals surface area contributed by atoms with E-state index in [9.17, 15) is 14.8 Å². The Morgan fingerprint density at radius 2 is 1.90 bits per heavy atom. The molecule has 0 fully saturated rings. The first kappa shape index (κ1) is 15.5. The SMILES string of the molecule is CC(=O)OCc1nc2cc(Cl)c(Cl)cc2[n+]([O-])c1C(C)=O. The summed E-state index contributed by atoms with van der Waals surface area (Å²) in [6.07, 6.45) is 0. The van der Waals surface area contributed by atoms with Crippen LogP contribution in [-0.2, 0) is 16.1 Å². The number of carbonyl (C=O) groups excluding carboxylic acids is 2. The number of ether oxygens (including phenoxy) is 1. The van der Waals surface area contributed by atoms with Crippen molar-refractivity contribution in [3.63, 3.8) is 0 Å². The first-order chi connectivity index (χ1) is 9.81. The average molecular weight is 329 g/mol. The van der Waals surface area contributed by atoms with Crippen LogP contribution in [0.1, 0.15) is 30.0 Å². The van der Waals surface area contributed by atoms with Crippen LogP contribution in [0, 0.1) is 5.21 Å². The van der Waals surface area contributed by atoms with Gasteiger partial charge in [0.1, 0.15) is 12.1 Å². The van der Waals surface area contributed by atoms with Crippen LogP contribution in [-0.4, -0.2) is 16.7 Å². The Balaban J connectivity index is 2.71. The zero-order valence-corrected chi connectivity index (χ0v) is 12.7. The molecule has 110 valence electrons. The van der Waals surface area contributed by atoms with Gasteiger partial charge < -0.3 is 9.94 Å². The second kappa shape index (κ2) is 5.83. The molecule has 0 saturated carbocycles. The van der Waals surface area contributed by atoms with E-state index >= 15 is 0 Å². The van der Waals surface area contributed by atoms with Gasteiger partial charge in [0.15, 0.2) is 5.69 Å². The molecule has 0 atom stereocenters. The minimum atomic E-state index is -0.544. The number of esters is 1. The van der Waals surface area contributed by atoms with Crippen molar-refractivity contribution in [3.05, 3.63) is 38.8 Å². The van der Waals surface area contributed by atoms with E-state index in [0.29, 0.717) is 4.73 Å². The summed E-state index contributed by atoms with van der Waals surface area (Å²) in [5.74, 6) is -1.04. The first-order valence-corrected chi connectivity index (χ1v) is 6.62. The number of aromatic nitrogens is 2. The number of carbonyl (C=O) groups is 2. The molecular formula is C13H10Cl2N2O4. The van der Waals surface area contributed by atoms with E-state index < -0.39 is 11.8 Å². The zero-order valence-electron chi connectivity index (χ0n) is 11.1. The Morgan fingerprint density at radius 1 is 1.29 bits per heavy atom. The van der Waals surface area contributed by atoms with Gasteiger partial charge in [0.25, 0.3) is 5.69 Å². The third kappa shape index (κ3) is 3.06. The number of ketones is 1. The Hall–Kier alpha value is -1.92. The van der Waals surface area contributed by atoms with Gasteiger partial charge in [-0.1, -0.05) is 23.2 Å². The second-order valence-electron chi connectivity index (χ2n) is 4.29. The lowest BCUT2D eigenvalue weighted by molar-refractivity contribution is -0.580. The third-order valence-corrected chi connectivity index (χ3v) is 3.44. The molecule has 1 aromatic carbocycles. The molecule has 0 spiro atoms. The van der Waals surface area contributed by atoms with Gasteiger partial charge in [0.05, 0.1) is 10.0 Å². The molecule has 0 aliphatic heterocycles. The quantitative estimate of drug-likeness (QED) is 0.374. The summed E-state index contributed by atoms with van der Waals surface area (Å²) in [6.45, 7) is 2.17. The number of fused-ring (bicyclic) bond motifs is 1. The average Bonchev–Trinajstić information content (AvgIpc) is 2.38. The van der Waals surface area contributed by atoms with E-state index in [-0.39, 0.29) is 39.1 Å². The maximum atomic E-state index is 12.3. The largest absolute Gasteiger partial charge is 0.618 e. The van der Waals surface area contributed by atoms with Gasteiger partial charge in [-0.3, -0.25) is 9.59 Å². The Bertz CT molecular complexity index is 762. The highest BCUT2D eigenvalue weighted by molar-refractivity contribution is 6.42. The van der Waals surface area contributed by atoms with Crippen LogP contribution in [0.25, 0.3) is 11.0 Å².